The third-order valence-electron chi connectivity index (χ3n) is 3.72. The fourth-order valence-electron chi connectivity index (χ4n) is 2.31. The molecule has 3 aromatic carbocycles. The number of halogens is 3. The molecular formula is C20H13F3N2O2. The van der Waals surface area contributed by atoms with Crippen molar-refractivity contribution in [2.45, 2.75) is 0 Å². The van der Waals surface area contributed by atoms with E-state index in [1.165, 1.54) is 24.3 Å². The van der Waals surface area contributed by atoms with Gasteiger partial charge in [0.05, 0.1) is 5.69 Å². The van der Waals surface area contributed by atoms with Gasteiger partial charge in [-0.25, -0.2) is 13.2 Å². The first-order valence-corrected chi connectivity index (χ1v) is 7.87. The average molecular weight is 370 g/mol. The van der Waals surface area contributed by atoms with Gasteiger partial charge in [-0.05, 0) is 48.5 Å². The molecule has 0 bridgehead atoms. The smallest absolute Gasteiger partial charge is 0.255 e. The van der Waals surface area contributed by atoms with Crippen LogP contribution in [0.5, 0.6) is 0 Å². The van der Waals surface area contributed by atoms with Crippen LogP contribution in [0.25, 0.3) is 0 Å². The molecule has 0 atom stereocenters. The molecule has 27 heavy (non-hydrogen) atoms. The first kappa shape index (κ1) is 18.2. The SMILES string of the molecule is O=C(Nc1ccc(C(=O)Nc2ccc(F)c(F)c2F)cc1)c1ccccc1. The number of hydrogen-bond acceptors (Lipinski definition) is 2. The minimum atomic E-state index is -1.66. The van der Waals surface area contributed by atoms with Gasteiger partial charge in [0.1, 0.15) is 0 Å². The summed E-state index contributed by atoms with van der Waals surface area (Å²) in [6, 6.07) is 16.0. The van der Waals surface area contributed by atoms with Gasteiger partial charge in [0.15, 0.2) is 17.5 Å². The molecule has 136 valence electrons. The molecule has 0 aromatic heterocycles. The Hall–Kier alpha value is -3.61. The zero-order valence-electron chi connectivity index (χ0n) is 13.8. The van der Waals surface area contributed by atoms with E-state index >= 15 is 0 Å². The minimum Gasteiger partial charge on any atom is -0.322 e. The van der Waals surface area contributed by atoms with Crippen molar-refractivity contribution in [2.24, 2.45) is 0 Å². The van der Waals surface area contributed by atoms with Gasteiger partial charge in [0.25, 0.3) is 11.8 Å². The van der Waals surface area contributed by atoms with Crippen LogP contribution in [-0.4, -0.2) is 11.8 Å². The van der Waals surface area contributed by atoms with Crippen molar-refractivity contribution in [3.05, 3.63) is 95.3 Å². The summed E-state index contributed by atoms with van der Waals surface area (Å²) in [6.45, 7) is 0. The third-order valence-corrected chi connectivity index (χ3v) is 3.72. The Bertz CT molecular complexity index is 990. The lowest BCUT2D eigenvalue weighted by atomic mass is 10.1. The van der Waals surface area contributed by atoms with Gasteiger partial charge >= 0.3 is 0 Å². The highest BCUT2D eigenvalue weighted by atomic mass is 19.2. The predicted molar refractivity (Wildman–Crippen MR) is 95.1 cm³/mol. The Balaban J connectivity index is 1.69. The summed E-state index contributed by atoms with van der Waals surface area (Å²) in [7, 11) is 0. The topological polar surface area (TPSA) is 58.2 Å². The van der Waals surface area contributed by atoms with E-state index in [9.17, 15) is 22.8 Å². The zero-order valence-corrected chi connectivity index (χ0v) is 13.8. The van der Waals surface area contributed by atoms with Crippen molar-refractivity contribution in [2.75, 3.05) is 10.6 Å². The Morgan fingerprint density at radius 1 is 0.630 bits per heavy atom. The van der Waals surface area contributed by atoms with Crippen LogP contribution in [0.1, 0.15) is 20.7 Å². The molecule has 0 saturated carbocycles. The summed E-state index contributed by atoms with van der Waals surface area (Å²) in [5, 5.41) is 4.85. The van der Waals surface area contributed by atoms with Gasteiger partial charge in [0.2, 0.25) is 0 Å². The monoisotopic (exact) mass is 370 g/mol. The summed E-state index contributed by atoms with van der Waals surface area (Å²) in [4.78, 5) is 24.2. The van der Waals surface area contributed by atoms with Crippen LogP contribution in [0, 0.1) is 17.5 Å². The second-order valence-electron chi connectivity index (χ2n) is 5.57. The molecule has 0 radical (unpaired) electrons. The minimum absolute atomic E-state index is 0.150. The van der Waals surface area contributed by atoms with E-state index in [1.54, 1.807) is 30.3 Å². The van der Waals surface area contributed by atoms with Crippen LogP contribution in [0.15, 0.2) is 66.7 Å². The molecule has 0 unspecified atom stereocenters. The summed E-state index contributed by atoms with van der Waals surface area (Å²) in [6.07, 6.45) is 0. The van der Waals surface area contributed by atoms with Gasteiger partial charge in [-0.15, -0.1) is 0 Å². The Kier molecular flexibility index (Phi) is 5.21. The quantitative estimate of drug-likeness (QED) is 0.659. The molecule has 0 aliphatic heterocycles. The van der Waals surface area contributed by atoms with Crippen LogP contribution in [0.4, 0.5) is 24.5 Å². The first-order valence-electron chi connectivity index (χ1n) is 7.87. The van der Waals surface area contributed by atoms with E-state index in [0.717, 1.165) is 12.1 Å². The second kappa shape index (κ2) is 7.74. The maximum Gasteiger partial charge on any atom is 0.255 e. The van der Waals surface area contributed by atoms with E-state index in [2.05, 4.69) is 10.6 Å². The van der Waals surface area contributed by atoms with Crippen LogP contribution < -0.4 is 10.6 Å². The zero-order chi connectivity index (χ0) is 19.4. The maximum absolute atomic E-state index is 13.6. The number of nitrogens with one attached hydrogen (secondary N) is 2. The normalized spacial score (nSPS) is 10.3. The average Bonchev–Trinajstić information content (AvgIpc) is 2.69. The molecule has 7 heteroatoms. The first-order chi connectivity index (χ1) is 13.0. The third kappa shape index (κ3) is 4.14. The fourth-order valence-corrected chi connectivity index (χ4v) is 2.31. The summed E-state index contributed by atoms with van der Waals surface area (Å²) >= 11 is 0. The number of amides is 2. The van der Waals surface area contributed by atoms with Crippen molar-refractivity contribution in [3.8, 4) is 0 Å². The van der Waals surface area contributed by atoms with Crippen LogP contribution in [-0.2, 0) is 0 Å². The van der Waals surface area contributed by atoms with Gasteiger partial charge < -0.3 is 10.6 Å². The number of benzene rings is 3. The summed E-state index contributed by atoms with van der Waals surface area (Å²) < 4.78 is 39.8. The van der Waals surface area contributed by atoms with Crippen molar-refractivity contribution in [3.63, 3.8) is 0 Å². The van der Waals surface area contributed by atoms with Crippen molar-refractivity contribution >= 4 is 23.2 Å². The molecule has 0 heterocycles. The van der Waals surface area contributed by atoms with Gasteiger partial charge in [-0.1, -0.05) is 18.2 Å². The lowest BCUT2D eigenvalue weighted by molar-refractivity contribution is 0.101. The molecule has 2 amide bonds. The molecule has 0 aliphatic carbocycles. The number of carbonyl (C=O) groups is 2. The van der Waals surface area contributed by atoms with E-state index < -0.39 is 29.0 Å². The van der Waals surface area contributed by atoms with E-state index in [-0.39, 0.29) is 11.5 Å². The Morgan fingerprint density at radius 3 is 1.89 bits per heavy atom. The molecule has 0 aliphatic rings. The highest BCUT2D eigenvalue weighted by molar-refractivity contribution is 6.06. The van der Waals surface area contributed by atoms with Gasteiger partial charge in [-0.2, -0.15) is 0 Å². The van der Waals surface area contributed by atoms with Gasteiger partial charge in [-0.3, -0.25) is 9.59 Å². The number of anilines is 2. The number of carbonyl (C=O) groups excluding carboxylic acids is 2. The summed E-state index contributed by atoms with van der Waals surface area (Å²) in [5.74, 6) is -5.50. The van der Waals surface area contributed by atoms with Crippen LogP contribution in [0.2, 0.25) is 0 Å². The molecular weight excluding hydrogens is 357 g/mol. The van der Waals surface area contributed by atoms with E-state index in [4.69, 9.17) is 0 Å². The van der Waals surface area contributed by atoms with Crippen molar-refractivity contribution in [1.82, 2.24) is 0 Å². The molecule has 3 rings (SSSR count). The standard InChI is InChI=1S/C20H13F3N2O2/c21-15-10-11-16(18(23)17(15)22)25-20(27)13-6-8-14(9-7-13)24-19(26)12-4-2-1-3-5-12/h1-11H,(H,24,26)(H,25,27). The molecule has 2 N–H and O–H groups in total. The predicted octanol–water partition coefficient (Wildman–Crippen LogP) is 4.61. The van der Waals surface area contributed by atoms with Crippen molar-refractivity contribution in [1.29, 1.82) is 0 Å². The lowest BCUT2D eigenvalue weighted by Crippen LogP contribution is -2.15. The molecule has 0 spiro atoms. The fraction of sp³-hybridized carbons (Fsp3) is 0. The lowest BCUT2D eigenvalue weighted by Gasteiger charge is -2.09. The van der Waals surface area contributed by atoms with Crippen LogP contribution in [0.3, 0.4) is 0 Å². The number of rotatable bonds is 4. The highest BCUT2D eigenvalue weighted by Gasteiger charge is 2.16. The highest BCUT2D eigenvalue weighted by Crippen LogP contribution is 2.20. The molecule has 4 nitrogen and oxygen atoms in total. The molecule has 0 saturated heterocycles. The number of hydrogen-bond donors (Lipinski definition) is 2. The summed E-state index contributed by atoms with van der Waals surface area (Å²) in [5.41, 5.74) is 0.616. The van der Waals surface area contributed by atoms with E-state index in [0.29, 0.717) is 11.3 Å². The maximum atomic E-state index is 13.6. The molecule has 0 fully saturated rings. The van der Waals surface area contributed by atoms with Crippen molar-refractivity contribution < 1.29 is 22.8 Å². The largest absolute Gasteiger partial charge is 0.322 e. The Morgan fingerprint density at radius 2 is 1.22 bits per heavy atom. The van der Waals surface area contributed by atoms with Gasteiger partial charge in [0, 0.05) is 16.8 Å². The van der Waals surface area contributed by atoms with Crippen LogP contribution >= 0.6 is 0 Å². The van der Waals surface area contributed by atoms with E-state index in [1.807, 2.05) is 0 Å². The second-order valence-corrected chi connectivity index (χ2v) is 5.57. The molecule has 3 aromatic rings. The Labute approximate surface area is 152 Å².